The SMILES string of the molecule is NC(=O)OCCc1ccc(S(=O)(=O)NC(=O)NC2CCCCC2)cc1. The first-order valence-electron chi connectivity index (χ1n) is 8.21. The molecule has 25 heavy (non-hydrogen) atoms. The van der Waals surface area contributed by atoms with Gasteiger partial charge in [-0.15, -0.1) is 0 Å². The summed E-state index contributed by atoms with van der Waals surface area (Å²) in [5, 5.41) is 2.71. The Balaban J connectivity index is 1.89. The first-order chi connectivity index (χ1) is 11.9. The lowest BCUT2D eigenvalue weighted by atomic mass is 9.96. The Kier molecular flexibility index (Phi) is 6.63. The van der Waals surface area contributed by atoms with Crippen LogP contribution in [0.25, 0.3) is 0 Å². The second kappa shape index (κ2) is 8.70. The molecule has 0 unspecified atom stereocenters. The van der Waals surface area contributed by atoms with E-state index in [9.17, 15) is 18.0 Å². The van der Waals surface area contributed by atoms with Crippen molar-refractivity contribution in [3.05, 3.63) is 29.8 Å². The van der Waals surface area contributed by atoms with Crippen LogP contribution >= 0.6 is 0 Å². The van der Waals surface area contributed by atoms with Crippen LogP contribution in [-0.2, 0) is 21.2 Å². The van der Waals surface area contributed by atoms with Gasteiger partial charge < -0.3 is 15.8 Å². The molecule has 1 aliphatic carbocycles. The molecule has 1 aromatic rings. The second-order valence-corrected chi connectivity index (χ2v) is 7.66. The van der Waals surface area contributed by atoms with Gasteiger partial charge in [0.05, 0.1) is 11.5 Å². The fraction of sp³-hybridized carbons (Fsp3) is 0.500. The third kappa shape index (κ3) is 6.26. The van der Waals surface area contributed by atoms with Crippen LogP contribution in [0.3, 0.4) is 0 Å². The van der Waals surface area contributed by atoms with E-state index in [0.717, 1.165) is 37.7 Å². The Morgan fingerprint density at radius 1 is 1.12 bits per heavy atom. The highest BCUT2D eigenvalue weighted by atomic mass is 32.2. The normalized spacial score (nSPS) is 15.4. The van der Waals surface area contributed by atoms with Crippen LogP contribution in [0.1, 0.15) is 37.7 Å². The summed E-state index contributed by atoms with van der Waals surface area (Å²) in [5.74, 6) is 0. The zero-order valence-electron chi connectivity index (χ0n) is 13.9. The molecule has 0 aromatic heterocycles. The van der Waals surface area contributed by atoms with Gasteiger partial charge in [0.1, 0.15) is 0 Å². The molecule has 1 aliphatic rings. The summed E-state index contributed by atoms with van der Waals surface area (Å²) in [5.41, 5.74) is 5.65. The van der Waals surface area contributed by atoms with Gasteiger partial charge in [-0.3, -0.25) is 0 Å². The summed E-state index contributed by atoms with van der Waals surface area (Å²) in [7, 11) is -3.93. The number of benzene rings is 1. The number of rotatable bonds is 6. The van der Waals surface area contributed by atoms with E-state index >= 15 is 0 Å². The smallest absolute Gasteiger partial charge is 0.404 e. The topological polar surface area (TPSA) is 128 Å². The van der Waals surface area contributed by atoms with Gasteiger partial charge in [-0.2, -0.15) is 0 Å². The van der Waals surface area contributed by atoms with E-state index in [0.29, 0.717) is 6.42 Å². The van der Waals surface area contributed by atoms with Gasteiger partial charge in [-0.05, 0) is 30.5 Å². The number of nitrogens with one attached hydrogen (secondary N) is 2. The Morgan fingerprint density at radius 3 is 2.36 bits per heavy atom. The number of urea groups is 1. The minimum absolute atomic E-state index is 0.00846. The molecule has 1 aromatic carbocycles. The maximum absolute atomic E-state index is 12.2. The fourth-order valence-electron chi connectivity index (χ4n) is 2.75. The van der Waals surface area contributed by atoms with E-state index < -0.39 is 22.1 Å². The molecule has 1 saturated carbocycles. The first-order valence-corrected chi connectivity index (χ1v) is 9.69. The number of hydrogen-bond acceptors (Lipinski definition) is 5. The summed E-state index contributed by atoms with van der Waals surface area (Å²) in [4.78, 5) is 22.4. The number of carbonyl (C=O) groups excluding carboxylic acids is 2. The van der Waals surface area contributed by atoms with Gasteiger partial charge in [0.25, 0.3) is 10.0 Å². The van der Waals surface area contributed by atoms with Crippen LogP contribution in [0.5, 0.6) is 0 Å². The third-order valence-corrected chi connectivity index (χ3v) is 5.38. The van der Waals surface area contributed by atoms with Crippen molar-refractivity contribution in [3.8, 4) is 0 Å². The molecule has 9 heteroatoms. The number of ether oxygens (including phenoxy) is 1. The van der Waals surface area contributed by atoms with Crippen molar-refractivity contribution in [1.29, 1.82) is 0 Å². The van der Waals surface area contributed by atoms with Crippen molar-refractivity contribution >= 4 is 22.1 Å². The number of amides is 3. The lowest BCUT2D eigenvalue weighted by Gasteiger charge is -2.22. The molecule has 2 rings (SSSR count). The fourth-order valence-corrected chi connectivity index (χ4v) is 3.66. The average molecular weight is 369 g/mol. The third-order valence-electron chi connectivity index (χ3n) is 4.04. The summed E-state index contributed by atoms with van der Waals surface area (Å²) in [6.45, 7) is 0.115. The van der Waals surface area contributed by atoms with Gasteiger partial charge in [0.2, 0.25) is 0 Å². The molecule has 0 atom stereocenters. The van der Waals surface area contributed by atoms with Crippen LogP contribution in [-0.4, -0.2) is 33.2 Å². The lowest BCUT2D eigenvalue weighted by Crippen LogP contribution is -2.45. The molecule has 138 valence electrons. The molecule has 0 saturated heterocycles. The molecule has 0 aliphatic heterocycles. The lowest BCUT2D eigenvalue weighted by molar-refractivity contribution is 0.158. The van der Waals surface area contributed by atoms with Crippen molar-refractivity contribution in [2.45, 2.75) is 49.5 Å². The molecule has 0 bridgehead atoms. The highest BCUT2D eigenvalue weighted by molar-refractivity contribution is 7.90. The number of primary amides is 1. The molecule has 0 spiro atoms. The van der Waals surface area contributed by atoms with Crippen molar-refractivity contribution in [3.63, 3.8) is 0 Å². The van der Waals surface area contributed by atoms with Crippen LogP contribution < -0.4 is 15.8 Å². The van der Waals surface area contributed by atoms with Crippen molar-refractivity contribution < 1.29 is 22.7 Å². The zero-order chi connectivity index (χ0) is 18.3. The Hall–Kier alpha value is -2.29. The summed E-state index contributed by atoms with van der Waals surface area (Å²) >= 11 is 0. The zero-order valence-corrected chi connectivity index (χ0v) is 14.7. The predicted octanol–water partition coefficient (Wildman–Crippen LogP) is 1.64. The van der Waals surface area contributed by atoms with E-state index in [1.54, 1.807) is 12.1 Å². The molecule has 3 amide bonds. The number of hydrogen-bond donors (Lipinski definition) is 3. The van der Waals surface area contributed by atoms with Gasteiger partial charge in [-0.1, -0.05) is 31.4 Å². The van der Waals surface area contributed by atoms with Crippen molar-refractivity contribution in [1.82, 2.24) is 10.0 Å². The standard InChI is InChI=1S/C16H23N3O5S/c17-15(20)24-11-10-12-6-8-14(9-7-12)25(22,23)19-16(21)18-13-4-2-1-3-5-13/h6-9,13H,1-5,10-11H2,(H2,17,20)(H2,18,19,21). The Labute approximate surface area is 147 Å². The van der Waals surface area contributed by atoms with Crippen LogP contribution in [0.4, 0.5) is 9.59 Å². The molecule has 8 nitrogen and oxygen atoms in total. The highest BCUT2D eigenvalue weighted by Crippen LogP contribution is 2.17. The number of sulfonamides is 1. The quantitative estimate of drug-likeness (QED) is 0.702. The summed E-state index contributed by atoms with van der Waals surface area (Å²) < 4.78 is 31.1. The maximum Gasteiger partial charge on any atom is 0.404 e. The Bertz CT molecular complexity index is 697. The van der Waals surface area contributed by atoms with E-state index in [1.807, 2.05) is 4.72 Å². The molecule has 4 N–H and O–H groups in total. The molecular formula is C16H23N3O5S. The number of nitrogens with two attached hydrogens (primary N) is 1. The monoisotopic (exact) mass is 369 g/mol. The minimum Gasteiger partial charge on any atom is -0.449 e. The second-order valence-electron chi connectivity index (χ2n) is 5.98. The highest BCUT2D eigenvalue weighted by Gasteiger charge is 2.21. The molecular weight excluding hydrogens is 346 g/mol. The van der Waals surface area contributed by atoms with Crippen molar-refractivity contribution in [2.75, 3.05) is 6.61 Å². The Morgan fingerprint density at radius 2 is 1.76 bits per heavy atom. The predicted molar refractivity (Wildman–Crippen MR) is 91.4 cm³/mol. The van der Waals surface area contributed by atoms with Crippen LogP contribution in [0.2, 0.25) is 0 Å². The van der Waals surface area contributed by atoms with Gasteiger partial charge >= 0.3 is 12.1 Å². The summed E-state index contributed by atoms with van der Waals surface area (Å²) in [6.07, 6.45) is 4.53. The molecule has 1 fully saturated rings. The van der Waals surface area contributed by atoms with Gasteiger partial charge in [0.15, 0.2) is 0 Å². The van der Waals surface area contributed by atoms with Crippen LogP contribution in [0.15, 0.2) is 29.2 Å². The number of carbonyl (C=O) groups is 2. The maximum atomic E-state index is 12.2. The first kappa shape index (κ1) is 19.0. The van der Waals surface area contributed by atoms with E-state index in [2.05, 4.69) is 10.1 Å². The van der Waals surface area contributed by atoms with Gasteiger partial charge in [0, 0.05) is 12.5 Å². The average Bonchev–Trinajstić information content (AvgIpc) is 2.55. The van der Waals surface area contributed by atoms with Crippen molar-refractivity contribution in [2.24, 2.45) is 5.73 Å². The van der Waals surface area contributed by atoms with E-state index in [1.165, 1.54) is 12.1 Å². The summed E-state index contributed by atoms with van der Waals surface area (Å²) in [6, 6.07) is 5.31. The van der Waals surface area contributed by atoms with E-state index in [4.69, 9.17) is 5.73 Å². The molecule has 0 heterocycles. The minimum atomic E-state index is -3.93. The largest absolute Gasteiger partial charge is 0.449 e. The van der Waals surface area contributed by atoms with Gasteiger partial charge in [-0.25, -0.2) is 22.7 Å². The van der Waals surface area contributed by atoms with E-state index in [-0.39, 0.29) is 17.5 Å². The van der Waals surface area contributed by atoms with Crippen LogP contribution in [0, 0.1) is 0 Å². The molecule has 0 radical (unpaired) electrons.